The molecule has 3 rings (SSSR count). The number of hydrogen-bond donors (Lipinski definition) is 1. The van der Waals surface area contributed by atoms with Gasteiger partial charge in [-0.3, -0.25) is 19.8 Å². The van der Waals surface area contributed by atoms with Gasteiger partial charge < -0.3 is 4.42 Å². The van der Waals surface area contributed by atoms with E-state index in [1.54, 1.807) is 6.07 Å². The second-order valence-corrected chi connectivity index (χ2v) is 6.54. The normalized spacial score (nSPS) is 30.6. The van der Waals surface area contributed by atoms with Gasteiger partial charge in [0.2, 0.25) is 0 Å². The summed E-state index contributed by atoms with van der Waals surface area (Å²) in [6.07, 6.45) is 2.69. The van der Waals surface area contributed by atoms with Gasteiger partial charge in [0.15, 0.2) is 5.76 Å². The fourth-order valence-electron chi connectivity index (χ4n) is 3.49. The van der Waals surface area contributed by atoms with E-state index in [1.807, 2.05) is 20.8 Å². The number of piperidine rings is 1. The summed E-state index contributed by atoms with van der Waals surface area (Å²) < 4.78 is 4.98. The van der Waals surface area contributed by atoms with Gasteiger partial charge in [0.05, 0.1) is 11.7 Å². The zero-order valence-corrected chi connectivity index (χ0v) is 12.3. The van der Waals surface area contributed by atoms with Crippen molar-refractivity contribution in [1.29, 1.82) is 0 Å². The molecule has 2 atom stereocenters. The summed E-state index contributed by atoms with van der Waals surface area (Å²) >= 11 is 0. The molecule has 3 amide bonds. The Labute approximate surface area is 122 Å². The van der Waals surface area contributed by atoms with E-state index in [0.717, 1.165) is 5.01 Å². The lowest BCUT2D eigenvalue weighted by Gasteiger charge is -2.47. The summed E-state index contributed by atoms with van der Waals surface area (Å²) in [6.45, 7) is 5.77. The predicted molar refractivity (Wildman–Crippen MR) is 72.6 cm³/mol. The van der Waals surface area contributed by atoms with E-state index in [1.165, 1.54) is 12.3 Å². The topological polar surface area (TPSA) is 79.6 Å². The van der Waals surface area contributed by atoms with Gasteiger partial charge in [-0.2, -0.15) is 5.01 Å². The first kappa shape index (κ1) is 13.9. The van der Waals surface area contributed by atoms with Crippen molar-refractivity contribution in [2.24, 2.45) is 16.7 Å². The third-order valence-electron chi connectivity index (χ3n) is 5.38. The SMILES string of the molecule is CC1(C)[C@H]2CC[C@@]1(C)C(=O)N(NC(=O)c1ccco1)C2=O. The second-order valence-electron chi connectivity index (χ2n) is 6.54. The van der Waals surface area contributed by atoms with Gasteiger partial charge >= 0.3 is 5.91 Å². The smallest absolute Gasteiger partial charge is 0.305 e. The number of furan rings is 1. The summed E-state index contributed by atoms with van der Waals surface area (Å²) in [5.41, 5.74) is 1.35. The van der Waals surface area contributed by atoms with Crippen LogP contribution in [0.2, 0.25) is 0 Å². The van der Waals surface area contributed by atoms with Crippen LogP contribution < -0.4 is 5.43 Å². The predicted octanol–water partition coefficient (Wildman–Crippen LogP) is 1.74. The van der Waals surface area contributed by atoms with E-state index >= 15 is 0 Å². The Morgan fingerprint density at radius 1 is 1.38 bits per heavy atom. The first-order valence-corrected chi connectivity index (χ1v) is 7.02. The number of carbonyl (C=O) groups is 3. The zero-order valence-electron chi connectivity index (χ0n) is 12.3. The molecule has 112 valence electrons. The minimum absolute atomic E-state index is 0.0675. The first-order chi connectivity index (χ1) is 9.79. The molecule has 1 aromatic rings. The molecule has 1 N–H and O–H groups in total. The average Bonchev–Trinajstić information content (AvgIpc) is 3.00. The number of imide groups is 1. The summed E-state index contributed by atoms with van der Waals surface area (Å²) in [4.78, 5) is 37.2. The average molecular weight is 290 g/mol. The van der Waals surface area contributed by atoms with Crippen LogP contribution in [0.4, 0.5) is 0 Å². The van der Waals surface area contributed by atoms with Crippen LogP contribution in [0.15, 0.2) is 22.8 Å². The van der Waals surface area contributed by atoms with Crippen LogP contribution in [-0.4, -0.2) is 22.7 Å². The molecule has 0 radical (unpaired) electrons. The summed E-state index contributed by atoms with van der Waals surface area (Å²) in [7, 11) is 0. The molecule has 2 bridgehead atoms. The van der Waals surface area contributed by atoms with Gasteiger partial charge in [-0.15, -0.1) is 0 Å². The van der Waals surface area contributed by atoms with Crippen LogP contribution >= 0.6 is 0 Å². The number of carbonyl (C=O) groups excluding carboxylic acids is 3. The lowest BCUT2D eigenvalue weighted by Crippen LogP contribution is -2.63. The van der Waals surface area contributed by atoms with Gasteiger partial charge in [0.1, 0.15) is 0 Å². The molecule has 2 aliphatic rings. The third-order valence-corrected chi connectivity index (χ3v) is 5.38. The molecule has 1 aliphatic carbocycles. The number of fused-ring (bicyclic) bond motifs is 2. The van der Waals surface area contributed by atoms with Crippen molar-refractivity contribution in [2.45, 2.75) is 33.6 Å². The van der Waals surface area contributed by atoms with Crippen molar-refractivity contribution in [3.05, 3.63) is 24.2 Å². The van der Waals surface area contributed by atoms with E-state index in [2.05, 4.69) is 5.43 Å². The van der Waals surface area contributed by atoms with Crippen molar-refractivity contribution in [2.75, 3.05) is 0 Å². The molecule has 1 saturated heterocycles. The number of nitrogens with one attached hydrogen (secondary N) is 1. The zero-order chi connectivity index (χ0) is 15.4. The minimum atomic E-state index is -0.637. The summed E-state index contributed by atoms with van der Waals surface area (Å²) in [6, 6.07) is 3.05. The second kappa shape index (κ2) is 4.19. The maximum Gasteiger partial charge on any atom is 0.305 e. The molecule has 1 aliphatic heterocycles. The van der Waals surface area contributed by atoms with Crippen molar-refractivity contribution in [3.63, 3.8) is 0 Å². The van der Waals surface area contributed by atoms with Crippen LogP contribution in [0.1, 0.15) is 44.2 Å². The maximum absolute atomic E-state index is 12.7. The monoisotopic (exact) mass is 290 g/mol. The maximum atomic E-state index is 12.7. The molecule has 21 heavy (non-hydrogen) atoms. The van der Waals surface area contributed by atoms with E-state index < -0.39 is 16.7 Å². The highest BCUT2D eigenvalue weighted by molar-refractivity contribution is 6.06. The Morgan fingerprint density at radius 3 is 2.71 bits per heavy atom. The lowest BCUT2D eigenvalue weighted by atomic mass is 9.63. The highest BCUT2D eigenvalue weighted by Gasteiger charge is 2.64. The molecular weight excluding hydrogens is 272 g/mol. The van der Waals surface area contributed by atoms with Crippen LogP contribution in [0, 0.1) is 16.7 Å². The fourth-order valence-corrected chi connectivity index (χ4v) is 3.49. The quantitative estimate of drug-likeness (QED) is 0.841. The molecule has 6 heteroatoms. The highest BCUT2D eigenvalue weighted by Crippen LogP contribution is 2.59. The number of nitrogens with zero attached hydrogens (tertiary/aromatic N) is 1. The van der Waals surface area contributed by atoms with E-state index in [9.17, 15) is 14.4 Å². The molecular formula is C15H18N2O4. The van der Waals surface area contributed by atoms with Crippen molar-refractivity contribution < 1.29 is 18.8 Å². The molecule has 1 saturated carbocycles. The van der Waals surface area contributed by atoms with Crippen LogP contribution in [0.25, 0.3) is 0 Å². The minimum Gasteiger partial charge on any atom is -0.459 e. The number of hydrazine groups is 1. The van der Waals surface area contributed by atoms with Crippen LogP contribution in [0.5, 0.6) is 0 Å². The third kappa shape index (κ3) is 1.68. The first-order valence-electron chi connectivity index (χ1n) is 7.02. The van der Waals surface area contributed by atoms with Crippen molar-refractivity contribution in [3.8, 4) is 0 Å². The summed E-state index contributed by atoms with van der Waals surface area (Å²) in [5, 5.41) is 0.883. The van der Waals surface area contributed by atoms with Gasteiger partial charge in [-0.25, -0.2) is 0 Å². The lowest BCUT2D eigenvalue weighted by molar-refractivity contribution is -0.171. The Morgan fingerprint density at radius 2 is 2.10 bits per heavy atom. The molecule has 0 spiro atoms. The molecule has 0 unspecified atom stereocenters. The van der Waals surface area contributed by atoms with E-state index in [4.69, 9.17) is 4.42 Å². The van der Waals surface area contributed by atoms with Crippen LogP contribution in [0.3, 0.4) is 0 Å². The molecule has 2 fully saturated rings. The van der Waals surface area contributed by atoms with Gasteiger partial charge in [-0.1, -0.05) is 20.8 Å². The van der Waals surface area contributed by atoms with Gasteiger partial charge in [0.25, 0.3) is 11.8 Å². The van der Waals surface area contributed by atoms with Gasteiger partial charge in [0, 0.05) is 5.92 Å². The molecule has 0 aromatic carbocycles. The largest absolute Gasteiger partial charge is 0.459 e. The highest BCUT2D eigenvalue weighted by atomic mass is 16.3. The Balaban J connectivity index is 1.90. The number of amides is 3. The van der Waals surface area contributed by atoms with Crippen molar-refractivity contribution >= 4 is 17.7 Å². The molecule has 6 nitrogen and oxygen atoms in total. The fraction of sp³-hybridized carbons (Fsp3) is 0.533. The Bertz CT molecular complexity index is 620. The standard InChI is InChI=1S/C15H18N2O4/c1-14(2)9-6-7-15(14,3)13(20)17(12(9)19)16-11(18)10-5-4-8-21-10/h4-5,8-9H,6-7H2,1-3H3,(H,16,18)/t9-,15-/m0/s1. The Kier molecular flexibility index (Phi) is 2.77. The van der Waals surface area contributed by atoms with Crippen molar-refractivity contribution in [1.82, 2.24) is 10.4 Å². The molecule has 1 aromatic heterocycles. The van der Waals surface area contributed by atoms with E-state index in [0.29, 0.717) is 12.8 Å². The number of hydrogen-bond acceptors (Lipinski definition) is 4. The van der Waals surface area contributed by atoms with E-state index in [-0.39, 0.29) is 23.5 Å². The Hall–Kier alpha value is -2.11. The number of rotatable bonds is 2. The molecule has 2 heterocycles. The van der Waals surface area contributed by atoms with Crippen LogP contribution in [-0.2, 0) is 9.59 Å². The van der Waals surface area contributed by atoms with Gasteiger partial charge in [-0.05, 0) is 30.4 Å². The summed E-state index contributed by atoms with van der Waals surface area (Å²) in [5.74, 6) is -1.45.